The Bertz CT molecular complexity index is 341. The molecule has 1 heteroatoms. The van der Waals surface area contributed by atoms with Crippen molar-refractivity contribution in [2.45, 2.75) is 46.0 Å². The molecule has 0 aromatic carbocycles. The van der Waals surface area contributed by atoms with Crippen molar-refractivity contribution in [1.82, 2.24) is 0 Å². The highest BCUT2D eigenvalue weighted by molar-refractivity contribution is 5.83. The van der Waals surface area contributed by atoms with Gasteiger partial charge in [0.25, 0.3) is 0 Å². The molecule has 16 heavy (non-hydrogen) atoms. The summed E-state index contributed by atoms with van der Waals surface area (Å²) in [7, 11) is 0. The molecule has 2 saturated carbocycles. The van der Waals surface area contributed by atoms with Gasteiger partial charge in [0.2, 0.25) is 0 Å². The smallest absolute Gasteiger partial charge is 0.139 e. The highest BCUT2D eigenvalue weighted by atomic mass is 16.1. The largest absolute Gasteiger partial charge is 0.299 e. The lowest BCUT2D eigenvalue weighted by Gasteiger charge is -2.36. The van der Waals surface area contributed by atoms with Crippen LogP contribution in [0.5, 0.6) is 0 Å². The third-order valence-corrected chi connectivity index (χ3v) is 5.41. The van der Waals surface area contributed by atoms with Gasteiger partial charge in [0, 0.05) is 12.3 Å². The summed E-state index contributed by atoms with van der Waals surface area (Å²) in [5, 5.41) is 0. The van der Waals surface area contributed by atoms with E-state index in [1.54, 1.807) is 0 Å². The number of carbonyl (C=O) groups is 1. The van der Waals surface area contributed by atoms with Crippen LogP contribution in [-0.4, -0.2) is 5.78 Å². The predicted molar refractivity (Wildman–Crippen MR) is 65.0 cm³/mol. The number of Topliss-reactive ketones (excluding diaryl/α,β-unsaturated/α-hetero) is 1. The molecule has 3 aliphatic carbocycles. The summed E-state index contributed by atoms with van der Waals surface area (Å²) >= 11 is 0. The Morgan fingerprint density at radius 1 is 1.31 bits per heavy atom. The summed E-state index contributed by atoms with van der Waals surface area (Å²) in [5.74, 6) is 4.33. The van der Waals surface area contributed by atoms with Gasteiger partial charge in [0.05, 0.1) is 0 Å². The van der Waals surface area contributed by atoms with Gasteiger partial charge in [-0.05, 0) is 56.3 Å². The third kappa shape index (κ3) is 1.40. The zero-order chi connectivity index (χ0) is 11.3. The Morgan fingerprint density at radius 2 is 2.06 bits per heavy atom. The molecule has 0 radical (unpaired) electrons. The van der Waals surface area contributed by atoms with Crippen molar-refractivity contribution < 1.29 is 4.79 Å². The van der Waals surface area contributed by atoms with Crippen LogP contribution in [0.3, 0.4) is 0 Å². The Labute approximate surface area is 98.3 Å². The van der Waals surface area contributed by atoms with E-state index in [2.05, 4.69) is 13.0 Å². The number of hydrogen-bond donors (Lipinski definition) is 0. The van der Waals surface area contributed by atoms with E-state index in [0.29, 0.717) is 12.2 Å². The van der Waals surface area contributed by atoms with Crippen molar-refractivity contribution in [2.75, 3.05) is 0 Å². The maximum Gasteiger partial charge on any atom is 0.139 e. The summed E-state index contributed by atoms with van der Waals surface area (Å²) in [6.07, 6.45) is 8.68. The molecule has 0 aliphatic heterocycles. The van der Waals surface area contributed by atoms with Gasteiger partial charge in [-0.2, -0.15) is 0 Å². The van der Waals surface area contributed by atoms with Crippen LogP contribution in [0.4, 0.5) is 0 Å². The maximum atomic E-state index is 11.9. The van der Waals surface area contributed by atoms with Crippen LogP contribution in [0.25, 0.3) is 0 Å². The van der Waals surface area contributed by atoms with E-state index < -0.39 is 0 Å². The molecule has 5 atom stereocenters. The van der Waals surface area contributed by atoms with Crippen molar-refractivity contribution >= 4 is 5.78 Å². The zero-order valence-corrected chi connectivity index (χ0v) is 10.4. The van der Waals surface area contributed by atoms with E-state index >= 15 is 0 Å². The molecular weight excluding hydrogens is 196 g/mol. The van der Waals surface area contributed by atoms with Gasteiger partial charge >= 0.3 is 0 Å². The Balaban J connectivity index is 1.86. The molecule has 3 aliphatic rings. The monoisotopic (exact) mass is 218 g/mol. The number of fused-ring (bicyclic) bond motifs is 5. The minimum absolute atomic E-state index is 0.269. The lowest BCUT2D eigenvalue weighted by atomic mass is 9.68. The number of hydrogen-bond acceptors (Lipinski definition) is 1. The first-order chi connectivity index (χ1) is 7.70. The number of carbonyl (C=O) groups excluding carboxylic acids is 1. The van der Waals surface area contributed by atoms with E-state index in [9.17, 15) is 4.79 Å². The molecule has 0 aromatic heterocycles. The first-order valence-corrected chi connectivity index (χ1v) is 6.91. The second-order valence-electron chi connectivity index (χ2n) is 6.09. The third-order valence-electron chi connectivity index (χ3n) is 5.41. The van der Waals surface area contributed by atoms with Gasteiger partial charge in [-0.25, -0.2) is 0 Å². The standard InChI is InChI=1S/C15H22O/c1-3-15(16)12-8-14-11-5-4-10(7-11)13(14)6-9(12)2/h6,10-14H,3-5,7-8H2,1-2H3. The molecule has 0 saturated heterocycles. The van der Waals surface area contributed by atoms with Crippen LogP contribution >= 0.6 is 0 Å². The highest BCUT2D eigenvalue weighted by Crippen LogP contribution is 2.57. The lowest BCUT2D eigenvalue weighted by molar-refractivity contribution is -0.122. The predicted octanol–water partition coefficient (Wildman–Crippen LogP) is 3.59. The second-order valence-corrected chi connectivity index (χ2v) is 6.09. The summed E-state index contributed by atoms with van der Waals surface area (Å²) in [6, 6.07) is 0. The van der Waals surface area contributed by atoms with Gasteiger partial charge in [-0.15, -0.1) is 0 Å². The molecule has 0 amide bonds. The molecule has 1 nitrogen and oxygen atoms in total. The molecule has 0 aromatic rings. The van der Waals surface area contributed by atoms with Crippen LogP contribution in [-0.2, 0) is 4.79 Å². The SMILES string of the molecule is CCC(=O)C1CC2C3CCC(C3)C2C=C1C. The van der Waals surface area contributed by atoms with E-state index in [-0.39, 0.29) is 5.92 Å². The minimum Gasteiger partial charge on any atom is -0.299 e. The molecule has 0 N–H and O–H groups in total. The van der Waals surface area contributed by atoms with Gasteiger partial charge < -0.3 is 0 Å². The van der Waals surface area contributed by atoms with E-state index in [4.69, 9.17) is 0 Å². The van der Waals surface area contributed by atoms with Crippen molar-refractivity contribution in [3.63, 3.8) is 0 Å². The first kappa shape index (κ1) is 10.6. The van der Waals surface area contributed by atoms with Crippen LogP contribution in [0, 0.1) is 29.6 Å². The van der Waals surface area contributed by atoms with Crippen LogP contribution < -0.4 is 0 Å². The zero-order valence-electron chi connectivity index (χ0n) is 10.4. The number of rotatable bonds is 2. The first-order valence-electron chi connectivity index (χ1n) is 6.91. The molecular formula is C15H22O. The van der Waals surface area contributed by atoms with Crippen molar-refractivity contribution in [1.29, 1.82) is 0 Å². The van der Waals surface area contributed by atoms with Crippen LogP contribution in [0.1, 0.15) is 46.0 Å². The minimum atomic E-state index is 0.269. The van der Waals surface area contributed by atoms with Crippen molar-refractivity contribution in [2.24, 2.45) is 29.6 Å². The summed E-state index contributed by atoms with van der Waals surface area (Å²) in [4.78, 5) is 11.9. The fraction of sp³-hybridized carbons (Fsp3) is 0.800. The van der Waals surface area contributed by atoms with Crippen LogP contribution in [0.2, 0.25) is 0 Å². The quantitative estimate of drug-likeness (QED) is 0.647. The molecule has 88 valence electrons. The van der Waals surface area contributed by atoms with E-state index in [1.807, 2.05) is 6.92 Å². The number of ketones is 1. The van der Waals surface area contributed by atoms with Gasteiger partial charge in [-0.3, -0.25) is 4.79 Å². The fourth-order valence-corrected chi connectivity index (χ4v) is 4.57. The molecule has 0 spiro atoms. The van der Waals surface area contributed by atoms with Crippen molar-refractivity contribution in [3.05, 3.63) is 11.6 Å². The maximum absolute atomic E-state index is 11.9. The number of allylic oxidation sites excluding steroid dienone is 2. The average Bonchev–Trinajstić information content (AvgIpc) is 2.88. The Morgan fingerprint density at radius 3 is 2.81 bits per heavy atom. The normalized spacial score (nSPS) is 45.4. The Hall–Kier alpha value is -0.590. The van der Waals surface area contributed by atoms with Crippen molar-refractivity contribution in [3.8, 4) is 0 Å². The van der Waals surface area contributed by atoms with E-state index in [0.717, 1.165) is 23.7 Å². The van der Waals surface area contributed by atoms with Crippen LogP contribution in [0.15, 0.2) is 11.6 Å². The highest BCUT2D eigenvalue weighted by Gasteiger charge is 2.49. The summed E-state index contributed by atoms with van der Waals surface area (Å²) < 4.78 is 0. The lowest BCUT2D eigenvalue weighted by Crippen LogP contribution is -2.31. The summed E-state index contributed by atoms with van der Waals surface area (Å²) in [5.41, 5.74) is 1.38. The molecule has 2 bridgehead atoms. The summed E-state index contributed by atoms with van der Waals surface area (Å²) in [6.45, 7) is 4.18. The van der Waals surface area contributed by atoms with Gasteiger partial charge in [0.1, 0.15) is 5.78 Å². The van der Waals surface area contributed by atoms with Gasteiger partial charge in [-0.1, -0.05) is 18.6 Å². The molecule has 3 rings (SSSR count). The fourth-order valence-electron chi connectivity index (χ4n) is 4.57. The van der Waals surface area contributed by atoms with Gasteiger partial charge in [0.15, 0.2) is 0 Å². The topological polar surface area (TPSA) is 17.1 Å². The molecule has 0 heterocycles. The molecule has 5 unspecified atom stereocenters. The average molecular weight is 218 g/mol. The molecule has 2 fully saturated rings. The second kappa shape index (κ2) is 3.72. The Kier molecular flexibility index (Phi) is 2.45. The van der Waals surface area contributed by atoms with E-state index in [1.165, 1.54) is 31.3 Å².